The second kappa shape index (κ2) is 9.68. The molecule has 8 nitrogen and oxygen atoms in total. The quantitative estimate of drug-likeness (QED) is 0.652. The summed E-state index contributed by atoms with van der Waals surface area (Å²) in [6.07, 6.45) is -0.397. The van der Waals surface area contributed by atoms with Gasteiger partial charge in [-0.15, -0.1) is 11.8 Å². The normalized spacial score (nSPS) is 23.4. The number of hydrogen-bond donors (Lipinski definition) is 2. The minimum absolute atomic E-state index is 0.0107. The molecule has 0 bridgehead atoms. The minimum Gasteiger partial charge on any atom is -0.480 e. The van der Waals surface area contributed by atoms with Gasteiger partial charge >= 0.3 is 12.1 Å². The molecule has 3 atom stereocenters. The zero-order valence-electron chi connectivity index (χ0n) is 18.5. The molecule has 2 amide bonds. The fourth-order valence-corrected chi connectivity index (χ4v) is 6.12. The summed E-state index contributed by atoms with van der Waals surface area (Å²) in [6.45, 7) is 0.691. The van der Waals surface area contributed by atoms with Crippen molar-refractivity contribution in [3.05, 3.63) is 59.7 Å². The Labute approximate surface area is 201 Å². The third-order valence-corrected chi connectivity index (χ3v) is 7.71. The number of amides is 2. The third-order valence-electron chi connectivity index (χ3n) is 6.70. The number of fused-ring (bicyclic) bond motifs is 3. The zero-order valence-corrected chi connectivity index (χ0v) is 19.3. The summed E-state index contributed by atoms with van der Waals surface area (Å²) in [5.41, 5.74) is 4.64. The fraction of sp³-hybridized carbons (Fsp3) is 0.400. The van der Waals surface area contributed by atoms with E-state index in [4.69, 9.17) is 9.47 Å². The second-order valence-electron chi connectivity index (χ2n) is 8.76. The highest BCUT2D eigenvalue weighted by Gasteiger charge is 2.40. The first-order chi connectivity index (χ1) is 16.5. The van der Waals surface area contributed by atoms with Crippen molar-refractivity contribution >= 4 is 29.7 Å². The molecule has 3 aliphatic rings. The van der Waals surface area contributed by atoms with Crippen LogP contribution in [0.1, 0.15) is 23.5 Å². The van der Waals surface area contributed by atoms with Gasteiger partial charge < -0.3 is 24.8 Å². The summed E-state index contributed by atoms with van der Waals surface area (Å²) >= 11 is 1.44. The number of carboxylic acid groups (broad SMARTS) is 1. The standard InChI is InChI=1S/C25H26N2O6S/c28-23(27-14-34-13-22(27)24(29)30)15-9-16(32-11-15)10-26-25(31)33-12-21-19-7-3-1-5-17(19)18-6-2-4-8-20(18)21/h1-8,15-16,21-22H,9-14H2,(H,26,31)(H,29,30)/t15?,16?,22-/m0/s1. The van der Waals surface area contributed by atoms with E-state index in [0.29, 0.717) is 18.1 Å². The number of nitrogens with zero attached hydrogens (tertiary/aromatic N) is 1. The number of rotatable bonds is 6. The summed E-state index contributed by atoms with van der Waals surface area (Å²) in [7, 11) is 0. The highest BCUT2D eigenvalue weighted by atomic mass is 32.2. The van der Waals surface area contributed by atoms with E-state index >= 15 is 0 Å². The summed E-state index contributed by atoms with van der Waals surface area (Å²) < 4.78 is 11.2. The molecule has 0 spiro atoms. The average molecular weight is 483 g/mol. The molecule has 2 aromatic rings. The molecular weight excluding hydrogens is 456 g/mol. The van der Waals surface area contributed by atoms with Crippen molar-refractivity contribution in [3.8, 4) is 11.1 Å². The maximum Gasteiger partial charge on any atom is 0.407 e. The van der Waals surface area contributed by atoms with Crippen LogP contribution < -0.4 is 5.32 Å². The van der Waals surface area contributed by atoms with Crippen molar-refractivity contribution in [1.82, 2.24) is 10.2 Å². The lowest BCUT2D eigenvalue weighted by molar-refractivity contribution is -0.149. The summed E-state index contributed by atoms with van der Waals surface area (Å²) in [6, 6.07) is 15.5. The van der Waals surface area contributed by atoms with Crippen LogP contribution in [-0.2, 0) is 19.1 Å². The summed E-state index contributed by atoms with van der Waals surface area (Å²) in [5, 5.41) is 12.1. The van der Waals surface area contributed by atoms with Crippen LogP contribution in [0.5, 0.6) is 0 Å². The lowest BCUT2D eigenvalue weighted by atomic mass is 9.98. The fourth-order valence-electron chi connectivity index (χ4n) is 4.97. The largest absolute Gasteiger partial charge is 0.480 e. The van der Waals surface area contributed by atoms with E-state index in [1.807, 2.05) is 24.3 Å². The van der Waals surface area contributed by atoms with Gasteiger partial charge in [0.2, 0.25) is 5.91 Å². The minimum atomic E-state index is -0.981. The van der Waals surface area contributed by atoms with E-state index in [1.165, 1.54) is 27.8 Å². The molecule has 2 aromatic carbocycles. The summed E-state index contributed by atoms with van der Waals surface area (Å²) in [5.74, 6) is -0.791. The highest BCUT2D eigenvalue weighted by molar-refractivity contribution is 7.99. The van der Waals surface area contributed by atoms with E-state index < -0.39 is 24.0 Å². The first-order valence-corrected chi connectivity index (χ1v) is 12.5. The molecule has 2 unspecified atom stereocenters. The number of thioether (sulfide) groups is 1. The Bertz CT molecular complexity index is 1060. The van der Waals surface area contributed by atoms with Crippen LogP contribution in [0, 0.1) is 5.92 Å². The molecule has 9 heteroatoms. The van der Waals surface area contributed by atoms with Crippen molar-refractivity contribution in [3.63, 3.8) is 0 Å². The van der Waals surface area contributed by atoms with Gasteiger partial charge in [0.15, 0.2) is 0 Å². The van der Waals surface area contributed by atoms with Gasteiger partial charge in [-0.1, -0.05) is 48.5 Å². The molecule has 2 fully saturated rings. The third kappa shape index (κ3) is 4.37. The van der Waals surface area contributed by atoms with Crippen molar-refractivity contribution in [2.45, 2.75) is 24.5 Å². The average Bonchev–Trinajstić information content (AvgIpc) is 3.59. The van der Waals surface area contributed by atoms with Crippen LogP contribution >= 0.6 is 11.8 Å². The molecule has 2 heterocycles. The van der Waals surface area contributed by atoms with Crippen LogP contribution in [0.15, 0.2) is 48.5 Å². The van der Waals surface area contributed by atoms with Crippen molar-refractivity contribution in [2.24, 2.45) is 5.92 Å². The Balaban J connectivity index is 1.11. The van der Waals surface area contributed by atoms with Crippen molar-refractivity contribution < 1.29 is 29.0 Å². The predicted octanol–water partition coefficient (Wildman–Crippen LogP) is 2.92. The highest BCUT2D eigenvalue weighted by Crippen LogP contribution is 2.44. The molecule has 0 saturated carbocycles. The van der Waals surface area contributed by atoms with Gasteiger partial charge in [0.05, 0.1) is 24.5 Å². The zero-order chi connectivity index (χ0) is 23.7. The number of carbonyl (C=O) groups excluding carboxylic acids is 2. The molecule has 2 N–H and O–H groups in total. The number of hydrogen-bond acceptors (Lipinski definition) is 6. The maximum absolute atomic E-state index is 12.8. The summed E-state index contributed by atoms with van der Waals surface area (Å²) in [4.78, 5) is 37.9. The van der Waals surface area contributed by atoms with Gasteiger partial charge in [-0.3, -0.25) is 4.79 Å². The lowest BCUT2D eigenvalue weighted by Gasteiger charge is -2.23. The molecule has 1 aliphatic carbocycles. The monoisotopic (exact) mass is 482 g/mol. The Kier molecular flexibility index (Phi) is 6.47. The Hall–Kier alpha value is -3.04. The molecular formula is C25H26N2O6S. The van der Waals surface area contributed by atoms with E-state index in [2.05, 4.69) is 29.6 Å². The topological polar surface area (TPSA) is 105 Å². The molecule has 2 aliphatic heterocycles. The van der Waals surface area contributed by atoms with E-state index in [1.54, 1.807) is 0 Å². The number of aliphatic carboxylic acids is 1. The molecule has 0 radical (unpaired) electrons. The molecule has 5 rings (SSSR count). The number of carboxylic acids is 1. The van der Waals surface area contributed by atoms with E-state index in [-0.39, 0.29) is 37.7 Å². The first kappa shape index (κ1) is 22.7. The second-order valence-corrected chi connectivity index (χ2v) is 9.76. The van der Waals surface area contributed by atoms with Crippen LogP contribution in [-0.4, -0.2) is 71.5 Å². The van der Waals surface area contributed by atoms with Gasteiger partial charge in [0, 0.05) is 18.2 Å². The van der Waals surface area contributed by atoms with E-state index in [9.17, 15) is 19.5 Å². The number of nitrogens with one attached hydrogen (secondary N) is 1. The number of carbonyl (C=O) groups is 3. The van der Waals surface area contributed by atoms with Crippen LogP contribution in [0.3, 0.4) is 0 Å². The van der Waals surface area contributed by atoms with E-state index in [0.717, 1.165) is 11.1 Å². The molecule has 34 heavy (non-hydrogen) atoms. The Morgan fingerprint density at radius 1 is 1.09 bits per heavy atom. The molecule has 2 saturated heterocycles. The lowest BCUT2D eigenvalue weighted by Crippen LogP contribution is -2.44. The van der Waals surface area contributed by atoms with Crippen LogP contribution in [0.2, 0.25) is 0 Å². The predicted molar refractivity (Wildman–Crippen MR) is 127 cm³/mol. The van der Waals surface area contributed by atoms with Gasteiger partial charge in [-0.05, 0) is 28.7 Å². The Morgan fingerprint density at radius 3 is 2.44 bits per heavy atom. The van der Waals surface area contributed by atoms with Crippen molar-refractivity contribution in [1.29, 1.82) is 0 Å². The Morgan fingerprint density at radius 2 is 1.76 bits per heavy atom. The molecule has 178 valence electrons. The van der Waals surface area contributed by atoms with Gasteiger partial charge in [-0.25, -0.2) is 9.59 Å². The van der Waals surface area contributed by atoms with Crippen molar-refractivity contribution in [2.75, 3.05) is 31.4 Å². The van der Waals surface area contributed by atoms with Gasteiger partial charge in [0.1, 0.15) is 12.6 Å². The number of ether oxygens (including phenoxy) is 2. The number of benzene rings is 2. The van der Waals surface area contributed by atoms with Gasteiger partial charge in [-0.2, -0.15) is 0 Å². The maximum atomic E-state index is 12.8. The van der Waals surface area contributed by atoms with Crippen LogP contribution in [0.4, 0.5) is 4.79 Å². The smallest absolute Gasteiger partial charge is 0.407 e. The van der Waals surface area contributed by atoms with Crippen LogP contribution in [0.25, 0.3) is 11.1 Å². The number of alkyl carbamates (subject to hydrolysis) is 1. The SMILES string of the molecule is O=C(NCC1CC(C(=O)N2CSC[C@H]2C(=O)O)CO1)OCC1c2ccccc2-c2ccccc21. The molecule has 0 aromatic heterocycles. The van der Waals surface area contributed by atoms with Gasteiger partial charge in [0.25, 0.3) is 0 Å². The first-order valence-electron chi connectivity index (χ1n) is 11.3.